The monoisotopic (exact) mass is 703 g/mol. The Morgan fingerprint density at radius 2 is 1.78 bits per heavy atom. The van der Waals surface area contributed by atoms with E-state index in [1.54, 1.807) is 66.7 Å². The van der Waals surface area contributed by atoms with Crippen LogP contribution in [0.3, 0.4) is 0 Å². The summed E-state index contributed by atoms with van der Waals surface area (Å²) in [4.78, 5) is 18.6. The largest absolute Gasteiger partial charge is 0.476 e. The standard InChI is InChI=1S/C39H41F4N5O3/c40-37-30-23-28(13-15-32(30)48(46-37)35-12-4-7-22-50-35)36(31(24-39(41,42)43)27-9-2-1-3-10-27)29-14-16-33(44-25-29)51-26-38(17-18-38)45-19-8-11-34(49)47-20-5-6-21-47/h1-3,8-11,13-16,23,25,35,45H,4-7,12,17-22,24,26H2/b11-8+,36-31-. The third kappa shape index (κ3) is 8.34. The first-order chi connectivity index (χ1) is 24.7. The summed E-state index contributed by atoms with van der Waals surface area (Å²) in [6.45, 7) is 3.05. The summed E-state index contributed by atoms with van der Waals surface area (Å²) >= 11 is 0. The molecule has 2 saturated heterocycles. The van der Waals surface area contributed by atoms with Gasteiger partial charge in [-0.3, -0.25) is 4.79 Å². The van der Waals surface area contributed by atoms with Crippen molar-refractivity contribution in [2.75, 3.05) is 32.8 Å². The van der Waals surface area contributed by atoms with Crippen molar-refractivity contribution in [1.82, 2.24) is 25.0 Å². The van der Waals surface area contributed by atoms with Crippen LogP contribution in [-0.2, 0) is 9.53 Å². The highest BCUT2D eigenvalue weighted by Gasteiger charge is 2.43. The first-order valence-corrected chi connectivity index (χ1v) is 17.6. The van der Waals surface area contributed by atoms with Gasteiger partial charge in [-0.2, -0.15) is 17.6 Å². The number of alkyl halides is 3. The van der Waals surface area contributed by atoms with Crippen molar-refractivity contribution in [3.05, 3.63) is 102 Å². The summed E-state index contributed by atoms with van der Waals surface area (Å²) < 4.78 is 71.5. The van der Waals surface area contributed by atoms with E-state index < -0.39 is 24.8 Å². The Bertz CT molecular complexity index is 1890. The van der Waals surface area contributed by atoms with Gasteiger partial charge in [-0.15, -0.1) is 5.10 Å². The second kappa shape index (κ2) is 15.0. The first kappa shape index (κ1) is 34.9. The lowest BCUT2D eigenvalue weighted by Crippen LogP contribution is -2.37. The van der Waals surface area contributed by atoms with Crippen LogP contribution in [0.25, 0.3) is 22.0 Å². The second-order valence-corrected chi connectivity index (χ2v) is 13.6. The molecule has 8 nitrogen and oxygen atoms in total. The molecule has 268 valence electrons. The Morgan fingerprint density at radius 1 is 1.00 bits per heavy atom. The number of allylic oxidation sites excluding steroid dienone is 1. The van der Waals surface area contributed by atoms with E-state index in [1.807, 2.05) is 11.0 Å². The van der Waals surface area contributed by atoms with Crippen LogP contribution in [0.5, 0.6) is 5.88 Å². The number of pyridine rings is 1. The number of benzene rings is 2. The third-order valence-corrected chi connectivity index (χ3v) is 9.83. The molecule has 4 aromatic rings. The molecule has 2 aromatic heterocycles. The van der Waals surface area contributed by atoms with Crippen molar-refractivity contribution in [2.45, 2.75) is 69.3 Å². The van der Waals surface area contributed by atoms with Crippen LogP contribution >= 0.6 is 0 Å². The number of amides is 1. The Balaban J connectivity index is 1.15. The third-order valence-electron chi connectivity index (χ3n) is 9.83. The molecule has 1 N–H and O–H groups in total. The number of hydrogen-bond acceptors (Lipinski definition) is 6. The molecule has 1 atom stereocenters. The van der Waals surface area contributed by atoms with Gasteiger partial charge in [0, 0.05) is 50.1 Å². The van der Waals surface area contributed by atoms with Gasteiger partial charge in [-0.25, -0.2) is 9.67 Å². The number of aromatic nitrogens is 3. The highest BCUT2D eigenvalue weighted by molar-refractivity contribution is 6.00. The van der Waals surface area contributed by atoms with Crippen molar-refractivity contribution in [1.29, 1.82) is 0 Å². The fraction of sp³-hybridized carbons (Fsp3) is 0.410. The maximum absolute atomic E-state index is 15.4. The van der Waals surface area contributed by atoms with Crippen LogP contribution < -0.4 is 10.1 Å². The topological polar surface area (TPSA) is 81.5 Å². The van der Waals surface area contributed by atoms with Crippen molar-refractivity contribution in [3.8, 4) is 5.88 Å². The number of nitrogens with one attached hydrogen (secondary N) is 1. The Morgan fingerprint density at radius 3 is 2.47 bits per heavy atom. The maximum Gasteiger partial charge on any atom is 0.393 e. The van der Waals surface area contributed by atoms with E-state index in [0.29, 0.717) is 54.3 Å². The normalized spacial score (nSPS) is 19.5. The van der Waals surface area contributed by atoms with Crippen LogP contribution in [0.15, 0.2) is 79.0 Å². The number of halogens is 4. The number of carbonyl (C=O) groups is 1. The summed E-state index contributed by atoms with van der Waals surface area (Å²) in [6.07, 6.45) is 5.29. The van der Waals surface area contributed by atoms with Crippen LogP contribution in [0.4, 0.5) is 17.6 Å². The van der Waals surface area contributed by atoms with Crippen molar-refractivity contribution in [3.63, 3.8) is 0 Å². The zero-order valence-electron chi connectivity index (χ0n) is 28.3. The molecule has 12 heteroatoms. The number of ether oxygens (including phenoxy) is 2. The lowest BCUT2D eigenvalue weighted by molar-refractivity contribution is -0.125. The van der Waals surface area contributed by atoms with Gasteiger partial charge in [0.15, 0.2) is 6.23 Å². The van der Waals surface area contributed by atoms with Crippen LogP contribution in [0.1, 0.15) is 74.3 Å². The zero-order chi connectivity index (χ0) is 35.4. The maximum atomic E-state index is 15.4. The number of likely N-dealkylation sites (tertiary alicyclic amines) is 1. The number of hydrogen-bond donors (Lipinski definition) is 1. The van der Waals surface area contributed by atoms with Crippen LogP contribution in [-0.4, -0.2) is 70.1 Å². The molecule has 1 saturated carbocycles. The molecule has 2 aliphatic heterocycles. The highest BCUT2D eigenvalue weighted by atomic mass is 19.4. The number of nitrogens with zero attached hydrogens (tertiary/aromatic N) is 4. The molecule has 0 spiro atoms. The summed E-state index contributed by atoms with van der Waals surface area (Å²) in [5.74, 6) is -0.346. The molecule has 4 heterocycles. The molecule has 0 bridgehead atoms. The van der Waals surface area contributed by atoms with Gasteiger partial charge in [0.2, 0.25) is 17.7 Å². The van der Waals surface area contributed by atoms with E-state index in [4.69, 9.17) is 9.47 Å². The summed E-state index contributed by atoms with van der Waals surface area (Å²) in [5.41, 5.74) is 1.84. The Labute approximate surface area is 294 Å². The van der Waals surface area contributed by atoms with Gasteiger partial charge in [0.05, 0.1) is 22.9 Å². The SMILES string of the molecule is O=C(/C=C/CNC1(COc2ccc(/C(=C(/CC(F)(F)F)c3ccccc3)c3ccc4c(c3)c(F)nn4C3CCCCO3)cn2)CC1)N1CCCC1. The van der Waals surface area contributed by atoms with Gasteiger partial charge in [0.1, 0.15) is 6.61 Å². The van der Waals surface area contributed by atoms with E-state index in [2.05, 4.69) is 15.4 Å². The molecular formula is C39H41F4N5O3. The average Bonchev–Trinajstić information content (AvgIpc) is 3.52. The second-order valence-electron chi connectivity index (χ2n) is 13.6. The van der Waals surface area contributed by atoms with Crippen LogP contribution in [0, 0.1) is 5.95 Å². The molecule has 7 rings (SSSR count). The number of carbonyl (C=O) groups excluding carboxylic acids is 1. The first-order valence-electron chi connectivity index (χ1n) is 17.6. The predicted molar refractivity (Wildman–Crippen MR) is 186 cm³/mol. The molecule has 1 amide bonds. The van der Waals surface area contributed by atoms with E-state index in [9.17, 15) is 18.0 Å². The average molecular weight is 704 g/mol. The lowest BCUT2D eigenvalue weighted by atomic mass is 9.88. The van der Waals surface area contributed by atoms with Gasteiger partial charge >= 0.3 is 6.18 Å². The Hall–Kier alpha value is -4.55. The smallest absolute Gasteiger partial charge is 0.393 e. The molecular weight excluding hydrogens is 662 g/mol. The molecule has 3 aliphatic rings. The van der Waals surface area contributed by atoms with E-state index in [-0.39, 0.29) is 28.0 Å². The molecule has 0 radical (unpaired) electrons. The molecule has 3 fully saturated rings. The van der Waals surface area contributed by atoms with Crippen molar-refractivity contribution in [2.24, 2.45) is 0 Å². The van der Waals surface area contributed by atoms with Gasteiger partial charge in [0.25, 0.3) is 0 Å². The van der Waals surface area contributed by atoms with Crippen molar-refractivity contribution < 1.29 is 31.8 Å². The molecule has 51 heavy (non-hydrogen) atoms. The van der Waals surface area contributed by atoms with Gasteiger partial charge < -0.3 is 19.7 Å². The fourth-order valence-electron chi connectivity index (χ4n) is 6.91. The number of rotatable bonds is 12. The predicted octanol–water partition coefficient (Wildman–Crippen LogP) is 7.86. The minimum atomic E-state index is -4.52. The Kier molecular flexibility index (Phi) is 10.2. The van der Waals surface area contributed by atoms with Crippen LogP contribution in [0.2, 0.25) is 0 Å². The van der Waals surface area contributed by atoms with E-state index in [1.165, 1.54) is 10.9 Å². The molecule has 1 unspecified atom stereocenters. The van der Waals surface area contributed by atoms with Gasteiger partial charge in [-0.1, -0.05) is 42.5 Å². The molecule has 2 aromatic carbocycles. The quantitative estimate of drug-likeness (QED) is 0.0920. The summed E-state index contributed by atoms with van der Waals surface area (Å²) in [7, 11) is 0. The molecule has 1 aliphatic carbocycles. The zero-order valence-corrected chi connectivity index (χ0v) is 28.3. The van der Waals surface area contributed by atoms with E-state index >= 15 is 4.39 Å². The minimum Gasteiger partial charge on any atom is -0.476 e. The van der Waals surface area contributed by atoms with Gasteiger partial charge in [-0.05, 0) is 85.4 Å². The van der Waals surface area contributed by atoms with E-state index in [0.717, 1.165) is 51.6 Å². The lowest BCUT2D eigenvalue weighted by Gasteiger charge is -2.23. The highest BCUT2D eigenvalue weighted by Crippen LogP contribution is 2.41. The number of fused-ring (bicyclic) bond motifs is 1. The summed E-state index contributed by atoms with van der Waals surface area (Å²) in [5, 5.41) is 7.79. The van der Waals surface area contributed by atoms with Crippen molar-refractivity contribution >= 4 is 28.0 Å². The minimum absolute atomic E-state index is 0.0351. The summed E-state index contributed by atoms with van der Waals surface area (Å²) in [6, 6.07) is 16.7. The fourth-order valence-corrected chi connectivity index (χ4v) is 6.91.